The predicted molar refractivity (Wildman–Crippen MR) is 85.9 cm³/mol. The Morgan fingerprint density at radius 1 is 0.900 bits per heavy atom. The lowest BCUT2D eigenvalue weighted by Crippen LogP contribution is -2.10. The molecule has 0 saturated heterocycles. The van der Waals surface area contributed by atoms with Crippen molar-refractivity contribution in [3.8, 4) is 5.75 Å². The van der Waals surface area contributed by atoms with Gasteiger partial charge in [0.25, 0.3) is 0 Å². The Morgan fingerprint density at radius 3 is 1.95 bits per heavy atom. The predicted octanol–water partition coefficient (Wildman–Crippen LogP) is 5.87. The molecule has 3 heteroatoms. The zero-order chi connectivity index (χ0) is 14.8. The van der Waals surface area contributed by atoms with E-state index in [9.17, 15) is 0 Å². The van der Waals surface area contributed by atoms with Gasteiger partial charge in [-0.25, -0.2) is 0 Å². The molecule has 2 rings (SSSR count). The molecular weight excluding hydrogens is 291 g/mol. The first-order valence-electron chi connectivity index (χ1n) is 6.54. The number of hydrogen-bond donors (Lipinski definition) is 0. The van der Waals surface area contributed by atoms with Crippen LogP contribution in [0.3, 0.4) is 0 Å². The summed E-state index contributed by atoms with van der Waals surface area (Å²) in [5, 5.41) is 1.26. The molecule has 0 spiro atoms. The van der Waals surface area contributed by atoms with Gasteiger partial charge in [0.15, 0.2) is 0 Å². The molecule has 0 atom stereocenters. The van der Waals surface area contributed by atoms with Crippen LogP contribution in [0.1, 0.15) is 31.9 Å². The summed E-state index contributed by atoms with van der Waals surface area (Å²) in [6, 6.07) is 13.6. The molecule has 2 aromatic rings. The highest BCUT2D eigenvalue weighted by atomic mass is 35.5. The average Bonchev–Trinajstić information content (AvgIpc) is 2.37. The highest BCUT2D eigenvalue weighted by Gasteiger charge is 2.13. The number of halogens is 2. The van der Waals surface area contributed by atoms with E-state index in [1.54, 1.807) is 0 Å². The average molecular weight is 309 g/mol. The Bertz CT molecular complexity index is 563. The van der Waals surface area contributed by atoms with Crippen LogP contribution in [-0.4, -0.2) is 0 Å². The summed E-state index contributed by atoms with van der Waals surface area (Å²) < 4.78 is 5.75. The number of rotatable bonds is 3. The summed E-state index contributed by atoms with van der Waals surface area (Å²) in [6.07, 6.45) is 0. The molecular formula is C17H18Cl2O. The van der Waals surface area contributed by atoms with Gasteiger partial charge in [-0.1, -0.05) is 62.2 Å². The molecule has 0 aliphatic heterocycles. The lowest BCUT2D eigenvalue weighted by molar-refractivity contribution is 0.306. The van der Waals surface area contributed by atoms with E-state index < -0.39 is 0 Å². The fraction of sp³-hybridized carbons (Fsp3) is 0.294. The van der Waals surface area contributed by atoms with Gasteiger partial charge in [0.05, 0.1) is 0 Å². The van der Waals surface area contributed by atoms with Crippen LogP contribution in [0.15, 0.2) is 42.5 Å². The zero-order valence-electron chi connectivity index (χ0n) is 11.9. The third-order valence-corrected chi connectivity index (χ3v) is 3.87. The molecule has 2 aromatic carbocycles. The lowest BCUT2D eigenvalue weighted by Gasteiger charge is -2.19. The van der Waals surface area contributed by atoms with Gasteiger partial charge in [0.1, 0.15) is 12.4 Å². The van der Waals surface area contributed by atoms with E-state index in [-0.39, 0.29) is 5.41 Å². The molecule has 0 aliphatic rings. The van der Waals surface area contributed by atoms with Gasteiger partial charge in [-0.3, -0.25) is 0 Å². The van der Waals surface area contributed by atoms with Crippen molar-refractivity contribution in [1.82, 2.24) is 0 Å². The van der Waals surface area contributed by atoms with E-state index in [0.717, 1.165) is 11.3 Å². The van der Waals surface area contributed by atoms with Crippen molar-refractivity contribution >= 4 is 23.2 Å². The van der Waals surface area contributed by atoms with Crippen LogP contribution < -0.4 is 4.74 Å². The van der Waals surface area contributed by atoms with Gasteiger partial charge < -0.3 is 4.74 Å². The monoisotopic (exact) mass is 308 g/mol. The highest BCUT2D eigenvalue weighted by molar-refractivity contribution is 6.35. The molecule has 20 heavy (non-hydrogen) atoms. The van der Waals surface area contributed by atoms with E-state index in [0.29, 0.717) is 16.7 Å². The van der Waals surface area contributed by atoms with Gasteiger partial charge in [0, 0.05) is 15.6 Å². The Hall–Kier alpha value is -1.18. The second-order valence-electron chi connectivity index (χ2n) is 5.76. The fourth-order valence-corrected chi connectivity index (χ4v) is 2.38. The molecule has 0 heterocycles. The van der Waals surface area contributed by atoms with E-state index in [1.807, 2.05) is 30.3 Å². The molecule has 0 bridgehead atoms. The highest BCUT2D eigenvalue weighted by Crippen LogP contribution is 2.27. The minimum atomic E-state index is 0.143. The van der Waals surface area contributed by atoms with Gasteiger partial charge in [-0.15, -0.1) is 0 Å². The molecule has 0 aromatic heterocycles. The second kappa shape index (κ2) is 6.07. The van der Waals surface area contributed by atoms with Crippen LogP contribution >= 0.6 is 23.2 Å². The number of benzene rings is 2. The maximum absolute atomic E-state index is 6.12. The summed E-state index contributed by atoms with van der Waals surface area (Å²) in [4.78, 5) is 0. The first kappa shape index (κ1) is 15.2. The molecule has 0 aliphatic carbocycles. The number of hydrogen-bond acceptors (Lipinski definition) is 1. The quantitative estimate of drug-likeness (QED) is 0.689. The SMILES string of the molecule is CC(C)(C)c1ccc(OCc2c(Cl)cccc2Cl)cc1. The molecule has 0 saturated carbocycles. The Labute approximate surface area is 130 Å². The van der Waals surface area contributed by atoms with E-state index in [4.69, 9.17) is 27.9 Å². The Kier molecular flexibility index (Phi) is 4.62. The Balaban J connectivity index is 2.08. The molecule has 0 unspecified atom stereocenters. The lowest BCUT2D eigenvalue weighted by atomic mass is 9.87. The van der Waals surface area contributed by atoms with Crippen LogP contribution in [0.4, 0.5) is 0 Å². The topological polar surface area (TPSA) is 9.23 Å². The smallest absolute Gasteiger partial charge is 0.119 e. The summed E-state index contributed by atoms with van der Waals surface area (Å²) in [6.45, 7) is 6.93. The normalized spacial score (nSPS) is 11.4. The van der Waals surface area contributed by atoms with Crippen molar-refractivity contribution in [2.45, 2.75) is 32.8 Å². The van der Waals surface area contributed by atoms with E-state index in [2.05, 4.69) is 32.9 Å². The van der Waals surface area contributed by atoms with Gasteiger partial charge in [-0.05, 0) is 35.2 Å². The van der Waals surface area contributed by atoms with Crippen molar-refractivity contribution < 1.29 is 4.74 Å². The molecule has 0 fully saturated rings. The zero-order valence-corrected chi connectivity index (χ0v) is 13.4. The number of ether oxygens (including phenoxy) is 1. The molecule has 0 radical (unpaired) electrons. The minimum Gasteiger partial charge on any atom is -0.489 e. The Morgan fingerprint density at radius 2 is 1.45 bits per heavy atom. The third-order valence-electron chi connectivity index (χ3n) is 3.17. The second-order valence-corrected chi connectivity index (χ2v) is 6.58. The summed E-state index contributed by atoms with van der Waals surface area (Å²) in [7, 11) is 0. The maximum Gasteiger partial charge on any atom is 0.119 e. The van der Waals surface area contributed by atoms with Crippen molar-refractivity contribution in [1.29, 1.82) is 0 Å². The minimum absolute atomic E-state index is 0.143. The third kappa shape index (κ3) is 3.68. The van der Waals surface area contributed by atoms with Crippen LogP contribution in [0, 0.1) is 0 Å². The molecule has 0 amide bonds. The van der Waals surface area contributed by atoms with E-state index >= 15 is 0 Å². The summed E-state index contributed by atoms with van der Waals surface area (Å²) >= 11 is 12.2. The standard InChI is InChI=1S/C17H18Cl2O/c1-17(2,3)12-7-9-13(10-8-12)20-11-14-15(18)5-4-6-16(14)19/h4-10H,11H2,1-3H3. The van der Waals surface area contributed by atoms with Crippen LogP contribution in [0.5, 0.6) is 5.75 Å². The van der Waals surface area contributed by atoms with Crippen molar-refractivity contribution in [3.63, 3.8) is 0 Å². The molecule has 1 nitrogen and oxygen atoms in total. The summed E-state index contributed by atoms with van der Waals surface area (Å²) in [5.74, 6) is 0.814. The van der Waals surface area contributed by atoms with Crippen molar-refractivity contribution in [2.75, 3.05) is 0 Å². The van der Waals surface area contributed by atoms with Crippen LogP contribution in [0.25, 0.3) is 0 Å². The first-order chi connectivity index (χ1) is 9.38. The molecule has 106 valence electrons. The fourth-order valence-electron chi connectivity index (χ4n) is 1.88. The van der Waals surface area contributed by atoms with Crippen LogP contribution in [-0.2, 0) is 12.0 Å². The van der Waals surface area contributed by atoms with Gasteiger partial charge >= 0.3 is 0 Å². The van der Waals surface area contributed by atoms with Gasteiger partial charge in [0.2, 0.25) is 0 Å². The maximum atomic E-state index is 6.12. The van der Waals surface area contributed by atoms with Gasteiger partial charge in [-0.2, -0.15) is 0 Å². The van der Waals surface area contributed by atoms with Crippen molar-refractivity contribution in [3.05, 3.63) is 63.6 Å². The van der Waals surface area contributed by atoms with E-state index in [1.165, 1.54) is 5.56 Å². The molecule has 0 N–H and O–H groups in total. The first-order valence-corrected chi connectivity index (χ1v) is 7.30. The van der Waals surface area contributed by atoms with Crippen molar-refractivity contribution in [2.24, 2.45) is 0 Å². The largest absolute Gasteiger partial charge is 0.489 e. The summed E-state index contributed by atoms with van der Waals surface area (Å²) in [5.41, 5.74) is 2.24. The van der Waals surface area contributed by atoms with Crippen LogP contribution in [0.2, 0.25) is 10.0 Å².